The summed E-state index contributed by atoms with van der Waals surface area (Å²) < 4.78 is 13.1. The van der Waals surface area contributed by atoms with Crippen molar-refractivity contribution in [2.75, 3.05) is 5.32 Å². The molecule has 2 N–H and O–H groups in total. The zero-order valence-corrected chi connectivity index (χ0v) is 10.6. The summed E-state index contributed by atoms with van der Waals surface area (Å²) in [7, 11) is 0. The molecule has 0 spiro atoms. The summed E-state index contributed by atoms with van der Waals surface area (Å²) in [6.45, 7) is 0. The Hall–Kier alpha value is -2.42. The molecule has 1 amide bonds. The van der Waals surface area contributed by atoms with Gasteiger partial charge in [-0.2, -0.15) is 5.26 Å². The second-order valence-corrected chi connectivity index (χ2v) is 4.84. The number of anilines is 1. The van der Waals surface area contributed by atoms with Crippen LogP contribution in [0.2, 0.25) is 0 Å². The van der Waals surface area contributed by atoms with Crippen molar-refractivity contribution < 1.29 is 19.1 Å². The van der Waals surface area contributed by atoms with E-state index in [9.17, 15) is 14.0 Å². The number of hydrogen-bond donors (Lipinski definition) is 2. The smallest absolute Gasteiger partial charge is 0.306 e. The van der Waals surface area contributed by atoms with Crippen molar-refractivity contribution in [1.29, 1.82) is 5.26 Å². The van der Waals surface area contributed by atoms with E-state index in [2.05, 4.69) is 5.32 Å². The molecule has 0 radical (unpaired) electrons. The van der Waals surface area contributed by atoms with Gasteiger partial charge in [-0.1, -0.05) is 0 Å². The fraction of sp³-hybridized carbons (Fsp3) is 0.357. The van der Waals surface area contributed by atoms with Crippen LogP contribution in [-0.4, -0.2) is 17.0 Å². The minimum Gasteiger partial charge on any atom is -0.481 e. The first kappa shape index (κ1) is 14.0. The highest BCUT2D eigenvalue weighted by Gasteiger charge is 2.33. The van der Waals surface area contributed by atoms with Crippen LogP contribution in [0.1, 0.15) is 24.8 Å². The van der Waals surface area contributed by atoms with Crippen molar-refractivity contribution in [1.82, 2.24) is 0 Å². The highest BCUT2D eigenvalue weighted by molar-refractivity contribution is 5.93. The Balaban J connectivity index is 2.02. The average Bonchev–Trinajstić information content (AvgIpc) is 2.91. The number of nitrogens with zero attached hydrogens (tertiary/aromatic N) is 1. The molecule has 5 nitrogen and oxygen atoms in total. The molecule has 0 heterocycles. The number of nitrogens with one attached hydrogen (secondary N) is 1. The third-order valence-electron chi connectivity index (χ3n) is 3.51. The molecule has 0 bridgehead atoms. The summed E-state index contributed by atoms with van der Waals surface area (Å²) in [5.41, 5.74) is 0.198. The van der Waals surface area contributed by atoms with Crippen molar-refractivity contribution in [3.8, 4) is 6.07 Å². The van der Waals surface area contributed by atoms with E-state index in [1.165, 1.54) is 12.1 Å². The van der Waals surface area contributed by atoms with Gasteiger partial charge in [-0.3, -0.25) is 9.59 Å². The molecule has 1 saturated carbocycles. The van der Waals surface area contributed by atoms with E-state index in [1.807, 2.05) is 0 Å². The molecule has 1 aromatic carbocycles. The Bertz CT molecular complexity index is 595. The van der Waals surface area contributed by atoms with E-state index >= 15 is 0 Å². The maximum Gasteiger partial charge on any atom is 0.306 e. The average molecular weight is 276 g/mol. The number of aliphatic carboxylic acids is 1. The van der Waals surface area contributed by atoms with Gasteiger partial charge in [-0.15, -0.1) is 0 Å². The van der Waals surface area contributed by atoms with Gasteiger partial charge in [0, 0.05) is 11.6 Å². The first-order valence-electron chi connectivity index (χ1n) is 6.24. The van der Waals surface area contributed by atoms with E-state index < -0.39 is 17.7 Å². The molecule has 20 heavy (non-hydrogen) atoms. The van der Waals surface area contributed by atoms with E-state index in [0.29, 0.717) is 24.9 Å². The predicted octanol–water partition coefficient (Wildman–Crippen LogP) is 2.14. The fourth-order valence-electron chi connectivity index (χ4n) is 2.38. The molecular weight excluding hydrogens is 263 g/mol. The molecule has 0 aliphatic heterocycles. The van der Waals surface area contributed by atoms with Crippen LogP contribution >= 0.6 is 0 Å². The maximum atomic E-state index is 13.1. The zero-order chi connectivity index (χ0) is 14.7. The standard InChI is InChI=1S/C14H13FN2O3/c15-12-4-3-11(6-10(12)7-16)17-13(18)8-1-2-9(5-8)14(19)20/h3-4,6,8-9H,1-2,5H2,(H,17,18)(H,19,20). The Morgan fingerprint density at radius 2 is 2.05 bits per heavy atom. The number of carbonyl (C=O) groups is 2. The molecule has 0 aromatic heterocycles. The predicted molar refractivity (Wildman–Crippen MR) is 68.2 cm³/mol. The van der Waals surface area contributed by atoms with E-state index in [4.69, 9.17) is 10.4 Å². The van der Waals surface area contributed by atoms with Crippen LogP contribution < -0.4 is 5.32 Å². The maximum absolute atomic E-state index is 13.1. The third kappa shape index (κ3) is 2.94. The monoisotopic (exact) mass is 276 g/mol. The van der Waals surface area contributed by atoms with Gasteiger partial charge in [-0.05, 0) is 37.5 Å². The molecule has 2 rings (SSSR count). The number of hydrogen-bond acceptors (Lipinski definition) is 3. The molecule has 1 aromatic rings. The third-order valence-corrected chi connectivity index (χ3v) is 3.51. The van der Waals surface area contributed by atoms with Crippen LogP contribution in [0.4, 0.5) is 10.1 Å². The van der Waals surface area contributed by atoms with Crippen LogP contribution in [-0.2, 0) is 9.59 Å². The van der Waals surface area contributed by atoms with Crippen molar-refractivity contribution >= 4 is 17.6 Å². The second-order valence-electron chi connectivity index (χ2n) is 4.84. The van der Waals surface area contributed by atoms with Gasteiger partial charge in [0.1, 0.15) is 11.9 Å². The lowest BCUT2D eigenvalue weighted by molar-refractivity contribution is -0.141. The van der Waals surface area contributed by atoms with Crippen molar-refractivity contribution in [2.45, 2.75) is 19.3 Å². The van der Waals surface area contributed by atoms with E-state index in [1.54, 1.807) is 6.07 Å². The summed E-state index contributed by atoms with van der Waals surface area (Å²) >= 11 is 0. The summed E-state index contributed by atoms with van der Waals surface area (Å²) in [4.78, 5) is 22.8. The molecule has 1 fully saturated rings. The molecule has 104 valence electrons. The lowest BCUT2D eigenvalue weighted by atomic mass is 10.0. The van der Waals surface area contributed by atoms with Crippen LogP contribution in [0.15, 0.2) is 18.2 Å². The first-order valence-corrected chi connectivity index (χ1v) is 6.24. The van der Waals surface area contributed by atoms with Gasteiger partial charge >= 0.3 is 5.97 Å². The molecule has 2 unspecified atom stereocenters. The van der Waals surface area contributed by atoms with Crippen molar-refractivity contribution in [3.63, 3.8) is 0 Å². The molecule has 0 saturated heterocycles. The van der Waals surface area contributed by atoms with Crippen LogP contribution in [0.3, 0.4) is 0 Å². The van der Waals surface area contributed by atoms with Gasteiger partial charge < -0.3 is 10.4 Å². The van der Waals surface area contributed by atoms with E-state index in [-0.39, 0.29) is 17.4 Å². The number of carboxylic acid groups (broad SMARTS) is 1. The molecule has 1 aliphatic rings. The first-order chi connectivity index (χ1) is 9.51. The SMILES string of the molecule is N#Cc1cc(NC(=O)C2CCC(C(=O)O)C2)ccc1F. The minimum atomic E-state index is -0.881. The van der Waals surface area contributed by atoms with Crippen LogP contribution in [0.5, 0.6) is 0 Å². The summed E-state index contributed by atoms with van der Waals surface area (Å²) in [6, 6.07) is 5.44. The summed E-state index contributed by atoms with van der Waals surface area (Å²) in [6.07, 6.45) is 1.32. The highest BCUT2D eigenvalue weighted by Crippen LogP contribution is 2.32. The second kappa shape index (κ2) is 5.70. The molecule has 1 aliphatic carbocycles. The number of benzene rings is 1. The lowest BCUT2D eigenvalue weighted by Crippen LogP contribution is -2.21. The lowest BCUT2D eigenvalue weighted by Gasteiger charge is -2.11. The largest absolute Gasteiger partial charge is 0.481 e. The van der Waals surface area contributed by atoms with Crippen molar-refractivity contribution in [2.24, 2.45) is 11.8 Å². The van der Waals surface area contributed by atoms with Gasteiger partial charge in [-0.25, -0.2) is 4.39 Å². The summed E-state index contributed by atoms with van der Waals surface area (Å²) in [5.74, 6) is -2.64. The highest BCUT2D eigenvalue weighted by atomic mass is 19.1. The molecule has 2 atom stereocenters. The number of rotatable bonds is 3. The zero-order valence-electron chi connectivity index (χ0n) is 10.6. The Morgan fingerprint density at radius 3 is 2.65 bits per heavy atom. The molecule has 6 heteroatoms. The van der Waals surface area contributed by atoms with E-state index in [0.717, 1.165) is 6.07 Å². The van der Waals surface area contributed by atoms with Crippen molar-refractivity contribution in [3.05, 3.63) is 29.6 Å². The quantitative estimate of drug-likeness (QED) is 0.884. The van der Waals surface area contributed by atoms with Gasteiger partial charge in [0.2, 0.25) is 5.91 Å². The van der Waals surface area contributed by atoms with Gasteiger partial charge in [0.15, 0.2) is 0 Å². The number of carboxylic acids is 1. The topological polar surface area (TPSA) is 90.2 Å². The number of carbonyl (C=O) groups excluding carboxylic acids is 1. The Labute approximate surface area is 115 Å². The number of nitriles is 1. The normalized spacial score (nSPS) is 21.2. The Kier molecular flexibility index (Phi) is 3.99. The number of halogens is 1. The minimum absolute atomic E-state index is 0.141. The fourth-order valence-corrected chi connectivity index (χ4v) is 2.38. The summed E-state index contributed by atoms with van der Waals surface area (Å²) in [5, 5.41) is 20.2. The molecular formula is C14H13FN2O3. The van der Waals surface area contributed by atoms with Gasteiger partial charge in [0.25, 0.3) is 0 Å². The van der Waals surface area contributed by atoms with Gasteiger partial charge in [0.05, 0.1) is 11.5 Å². The number of amides is 1. The Morgan fingerprint density at radius 1 is 1.35 bits per heavy atom. The van der Waals surface area contributed by atoms with Crippen LogP contribution in [0, 0.1) is 29.0 Å². The van der Waals surface area contributed by atoms with Crippen LogP contribution in [0.25, 0.3) is 0 Å².